The van der Waals surface area contributed by atoms with Gasteiger partial charge in [0.2, 0.25) is 0 Å². The summed E-state index contributed by atoms with van der Waals surface area (Å²) in [6, 6.07) is 13.4. The van der Waals surface area contributed by atoms with Gasteiger partial charge in [-0.25, -0.2) is 4.98 Å². The summed E-state index contributed by atoms with van der Waals surface area (Å²) < 4.78 is 29.9. The van der Waals surface area contributed by atoms with Crippen LogP contribution in [0.4, 0.5) is 13.9 Å². The molecule has 0 bridgehead atoms. The first-order chi connectivity index (χ1) is 12.4. The number of amides is 1. The van der Waals surface area contributed by atoms with Crippen molar-refractivity contribution in [3.05, 3.63) is 54.1 Å². The number of para-hydroxylation sites is 1. The van der Waals surface area contributed by atoms with E-state index in [0.29, 0.717) is 17.2 Å². The minimum atomic E-state index is -2.89. The molecule has 0 fully saturated rings. The van der Waals surface area contributed by atoms with Crippen molar-refractivity contribution in [2.75, 3.05) is 11.4 Å². The lowest BCUT2D eigenvalue weighted by molar-refractivity contribution is -0.0498. The number of aromatic nitrogens is 1. The van der Waals surface area contributed by atoms with E-state index < -0.39 is 6.61 Å². The van der Waals surface area contributed by atoms with E-state index in [1.165, 1.54) is 35.6 Å². The first kappa shape index (κ1) is 18.3. The Morgan fingerprint density at radius 2 is 1.85 bits per heavy atom. The molecule has 1 amide bonds. The molecule has 26 heavy (non-hydrogen) atoms. The Bertz CT molecular complexity index is 861. The van der Waals surface area contributed by atoms with Crippen LogP contribution in [0, 0.1) is 5.92 Å². The van der Waals surface area contributed by atoms with Crippen LogP contribution in [-0.4, -0.2) is 24.0 Å². The van der Waals surface area contributed by atoms with E-state index in [1.54, 1.807) is 4.90 Å². The Labute approximate surface area is 154 Å². The van der Waals surface area contributed by atoms with Crippen LogP contribution in [0.1, 0.15) is 24.2 Å². The van der Waals surface area contributed by atoms with Crippen LogP contribution < -0.4 is 9.64 Å². The number of fused-ring (bicyclic) bond motifs is 1. The van der Waals surface area contributed by atoms with E-state index in [-0.39, 0.29) is 17.6 Å². The Morgan fingerprint density at radius 3 is 2.46 bits per heavy atom. The number of hydrogen-bond donors (Lipinski definition) is 0. The van der Waals surface area contributed by atoms with Crippen molar-refractivity contribution >= 4 is 32.6 Å². The molecule has 0 N–H and O–H groups in total. The highest BCUT2D eigenvalue weighted by molar-refractivity contribution is 7.22. The summed E-state index contributed by atoms with van der Waals surface area (Å²) in [5.74, 6) is 0.0423. The number of thiazole rings is 1. The van der Waals surface area contributed by atoms with Gasteiger partial charge in [-0.1, -0.05) is 37.3 Å². The Kier molecular flexibility index (Phi) is 5.46. The van der Waals surface area contributed by atoms with E-state index >= 15 is 0 Å². The molecule has 0 radical (unpaired) electrons. The van der Waals surface area contributed by atoms with Crippen LogP contribution in [0.2, 0.25) is 0 Å². The molecule has 0 aliphatic rings. The lowest BCUT2D eigenvalue weighted by atomic mass is 10.1. The molecule has 1 aromatic heterocycles. The number of halogens is 2. The predicted octanol–water partition coefficient (Wildman–Crippen LogP) is 5.20. The van der Waals surface area contributed by atoms with Gasteiger partial charge in [0, 0.05) is 12.1 Å². The van der Waals surface area contributed by atoms with Crippen LogP contribution in [0.25, 0.3) is 10.2 Å². The van der Waals surface area contributed by atoms with E-state index in [4.69, 9.17) is 0 Å². The molecule has 3 rings (SSSR count). The molecular weight excluding hydrogens is 358 g/mol. The highest BCUT2D eigenvalue weighted by atomic mass is 32.1. The molecule has 7 heteroatoms. The number of rotatable bonds is 6. The molecule has 0 unspecified atom stereocenters. The fourth-order valence-corrected chi connectivity index (χ4v) is 3.50. The van der Waals surface area contributed by atoms with Crippen molar-refractivity contribution in [1.82, 2.24) is 4.98 Å². The van der Waals surface area contributed by atoms with Gasteiger partial charge in [0.15, 0.2) is 5.13 Å². The van der Waals surface area contributed by atoms with E-state index in [9.17, 15) is 13.6 Å². The topological polar surface area (TPSA) is 42.4 Å². The van der Waals surface area contributed by atoms with Crippen LogP contribution >= 0.6 is 11.3 Å². The number of carbonyl (C=O) groups excluding carboxylic acids is 1. The van der Waals surface area contributed by atoms with E-state index in [2.05, 4.69) is 9.72 Å². The van der Waals surface area contributed by atoms with Crippen LogP contribution in [0.3, 0.4) is 0 Å². The smallest absolute Gasteiger partial charge is 0.387 e. The van der Waals surface area contributed by atoms with Crippen molar-refractivity contribution < 1.29 is 18.3 Å². The highest BCUT2D eigenvalue weighted by Crippen LogP contribution is 2.30. The molecule has 0 atom stereocenters. The van der Waals surface area contributed by atoms with Gasteiger partial charge >= 0.3 is 6.61 Å². The van der Waals surface area contributed by atoms with Crippen molar-refractivity contribution in [3.63, 3.8) is 0 Å². The number of carbonyl (C=O) groups is 1. The third-order valence-electron chi connectivity index (χ3n) is 3.63. The normalized spacial score (nSPS) is 11.3. The van der Waals surface area contributed by atoms with Crippen molar-refractivity contribution in [2.24, 2.45) is 5.92 Å². The summed E-state index contributed by atoms with van der Waals surface area (Å²) in [7, 11) is 0. The summed E-state index contributed by atoms with van der Waals surface area (Å²) in [6.45, 7) is 1.66. The number of benzene rings is 2. The molecule has 0 saturated carbocycles. The minimum absolute atomic E-state index is 0.0203. The van der Waals surface area contributed by atoms with Gasteiger partial charge < -0.3 is 4.74 Å². The first-order valence-electron chi connectivity index (χ1n) is 8.16. The third kappa shape index (κ3) is 4.16. The second-order valence-electron chi connectivity index (χ2n) is 6.18. The predicted molar refractivity (Wildman–Crippen MR) is 99.2 cm³/mol. The molecular formula is C19H18F2N2O2S. The minimum Gasteiger partial charge on any atom is -0.435 e. The van der Waals surface area contributed by atoms with E-state index in [0.717, 1.165) is 10.2 Å². The second-order valence-corrected chi connectivity index (χ2v) is 7.19. The highest BCUT2D eigenvalue weighted by Gasteiger charge is 2.22. The molecule has 2 aromatic carbocycles. The van der Waals surface area contributed by atoms with Crippen molar-refractivity contribution in [2.45, 2.75) is 20.5 Å². The van der Waals surface area contributed by atoms with E-state index in [1.807, 2.05) is 38.1 Å². The molecule has 0 spiro atoms. The lowest BCUT2D eigenvalue weighted by Gasteiger charge is -2.22. The van der Waals surface area contributed by atoms with Crippen LogP contribution in [-0.2, 0) is 0 Å². The fourth-order valence-electron chi connectivity index (χ4n) is 2.52. The average Bonchev–Trinajstić information content (AvgIpc) is 3.03. The monoisotopic (exact) mass is 376 g/mol. The SMILES string of the molecule is CC(C)CN(C(=O)c1ccc(OC(F)F)cc1)c1nc2ccccc2s1. The molecule has 0 aliphatic heterocycles. The maximum atomic E-state index is 13.0. The zero-order valence-electron chi connectivity index (χ0n) is 14.4. The molecule has 1 heterocycles. The summed E-state index contributed by atoms with van der Waals surface area (Å²) in [5.41, 5.74) is 1.24. The number of alkyl halides is 2. The fraction of sp³-hybridized carbons (Fsp3) is 0.263. The van der Waals surface area contributed by atoms with Gasteiger partial charge in [-0.3, -0.25) is 9.69 Å². The summed E-state index contributed by atoms with van der Waals surface area (Å²) in [4.78, 5) is 19.2. The third-order valence-corrected chi connectivity index (χ3v) is 4.69. The average molecular weight is 376 g/mol. The number of anilines is 1. The molecule has 3 aromatic rings. The molecule has 0 aliphatic carbocycles. The van der Waals surface area contributed by atoms with Gasteiger partial charge in [-0.15, -0.1) is 0 Å². The van der Waals surface area contributed by atoms with Gasteiger partial charge in [0.1, 0.15) is 5.75 Å². The molecule has 136 valence electrons. The van der Waals surface area contributed by atoms with Gasteiger partial charge in [0.05, 0.1) is 10.2 Å². The summed E-state index contributed by atoms with van der Waals surface area (Å²) >= 11 is 1.45. The quantitative estimate of drug-likeness (QED) is 0.594. The second kappa shape index (κ2) is 7.78. The van der Waals surface area contributed by atoms with Gasteiger partial charge in [0.25, 0.3) is 5.91 Å². The first-order valence-corrected chi connectivity index (χ1v) is 8.98. The number of nitrogens with zero attached hydrogens (tertiary/aromatic N) is 2. The molecule has 4 nitrogen and oxygen atoms in total. The van der Waals surface area contributed by atoms with Crippen molar-refractivity contribution in [3.8, 4) is 5.75 Å². The Hall–Kier alpha value is -2.54. The zero-order valence-corrected chi connectivity index (χ0v) is 15.2. The number of ether oxygens (including phenoxy) is 1. The number of hydrogen-bond acceptors (Lipinski definition) is 4. The maximum absolute atomic E-state index is 13.0. The maximum Gasteiger partial charge on any atom is 0.387 e. The zero-order chi connectivity index (χ0) is 18.7. The summed E-state index contributed by atoms with van der Waals surface area (Å²) in [5, 5.41) is 0.623. The molecule has 0 saturated heterocycles. The standard InChI is InChI=1S/C19H18F2N2O2S/c1-12(2)11-23(19-22-15-5-3-4-6-16(15)26-19)17(24)13-7-9-14(10-8-13)25-18(20)21/h3-10,12,18H,11H2,1-2H3. The van der Waals surface area contributed by atoms with Gasteiger partial charge in [-0.2, -0.15) is 8.78 Å². The van der Waals surface area contributed by atoms with Crippen molar-refractivity contribution in [1.29, 1.82) is 0 Å². The lowest BCUT2D eigenvalue weighted by Crippen LogP contribution is -2.34. The van der Waals surface area contributed by atoms with Crippen LogP contribution in [0.5, 0.6) is 5.75 Å². The Balaban J connectivity index is 1.90. The Morgan fingerprint density at radius 1 is 1.15 bits per heavy atom. The summed E-state index contributed by atoms with van der Waals surface area (Å²) in [6.07, 6.45) is 0. The largest absolute Gasteiger partial charge is 0.435 e. The van der Waals surface area contributed by atoms with Crippen LogP contribution in [0.15, 0.2) is 48.5 Å². The van der Waals surface area contributed by atoms with Gasteiger partial charge in [-0.05, 0) is 42.3 Å².